The van der Waals surface area contributed by atoms with Crippen molar-refractivity contribution in [1.29, 1.82) is 0 Å². The van der Waals surface area contributed by atoms with Crippen LogP contribution in [-0.2, 0) is 11.3 Å². The molecule has 0 amide bonds. The highest BCUT2D eigenvalue weighted by Crippen LogP contribution is 2.10. The molecule has 0 saturated heterocycles. The molecule has 1 N–H and O–H groups in total. The minimum absolute atomic E-state index is 0.353. The molecule has 0 heterocycles. The Morgan fingerprint density at radius 1 is 1.18 bits per heavy atom. The summed E-state index contributed by atoms with van der Waals surface area (Å²) in [5, 5.41) is 3.44. The summed E-state index contributed by atoms with van der Waals surface area (Å²) < 4.78 is 6.62. The van der Waals surface area contributed by atoms with E-state index in [1.807, 2.05) is 0 Å². The minimum atomic E-state index is 0.353. The van der Waals surface area contributed by atoms with E-state index in [0.29, 0.717) is 6.10 Å². The van der Waals surface area contributed by atoms with Crippen LogP contribution in [-0.4, -0.2) is 19.3 Å². The van der Waals surface area contributed by atoms with Gasteiger partial charge in [-0.15, -0.1) is 0 Å². The Morgan fingerprint density at radius 2 is 1.88 bits per heavy atom. The number of ether oxygens (including phenoxy) is 1. The van der Waals surface area contributed by atoms with Gasteiger partial charge in [0.25, 0.3) is 0 Å². The van der Waals surface area contributed by atoms with Crippen molar-refractivity contribution in [3.05, 3.63) is 34.3 Å². The normalized spacial score (nSPS) is 11.1. The molecule has 2 nitrogen and oxygen atoms in total. The molecule has 0 aliphatic heterocycles. The number of halogens is 1. The summed E-state index contributed by atoms with van der Waals surface area (Å²) in [6.45, 7) is 7.02. The lowest BCUT2D eigenvalue weighted by atomic mass is 10.2. The molecule has 0 fully saturated rings. The summed E-state index contributed by atoms with van der Waals surface area (Å²) >= 11 is 3.43. The van der Waals surface area contributed by atoms with Crippen LogP contribution in [0.4, 0.5) is 0 Å². The van der Waals surface area contributed by atoms with Crippen molar-refractivity contribution in [2.45, 2.75) is 39.3 Å². The van der Waals surface area contributed by atoms with Crippen molar-refractivity contribution in [3.63, 3.8) is 0 Å². The number of benzene rings is 1. The highest BCUT2D eigenvalue weighted by atomic mass is 79.9. The van der Waals surface area contributed by atoms with Gasteiger partial charge in [0.1, 0.15) is 0 Å². The Kier molecular flexibility index (Phi) is 7.49. The highest BCUT2D eigenvalue weighted by Gasteiger charge is 1.95. The van der Waals surface area contributed by atoms with Gasteiger partial charge in [-0.3, -0.25) is 0 Å². The average Bonchev–Trinajstić information content (AvgIpc) is 2.30. The third-order valence-electron chi connectivity index (χ3n) is 2.44. The zero-order valence-corrected chi connectivity index (χ0v) is 12.3. The lowest BCUT2D eigenvalue weighted by Crippen LogP contribution is -2.15. The summed E-state index contributed by atoms with van der Waals surface area (Å²) in [5.41, 5.74) is 1.33. The van der Waals surface area contributed by atoms with Crippen LogP contribution in [0.2, 0.25) is 0 Å². The minimum Gasteiger partial charge on any atom is -0.379 e. The van der Waals surface area contributed by atoms with Gasteiger partial charge < -0.3 is 10.1 Å². The Bertz CT molecular complexity index is 298. The van der Waals surface area contributed by atoms with Gasteiger partial charge >= 0.3 is 0 Å². The van der Waals surface area contributed by atoms with Crippen LogP contribution >= 0.6 is 15.9 Å². The monoisotopic (exact) mass is 299 g/mol. The molecule has 96 valence electrons. The highest BCUT2D eigenvalue weighted by molar-refractivity contribution is 9.10. The maximum absolute atomic E-state index is 5.49. The second-order valence-electron chi connectivity index (χ2n) is 4.43. The maximum Gasteiger partial charge on any atom is 0.0518 e. The maximum atomic E-state index is 5.49. The van der Waals surface area contributed by atoms with Gasteiger partial charge in [-0.1, -0.05) is 28.1 Å². The molecular weight excluding hydrogens is 278 g/mol. The molecular formula is C14H22BrNO. The van der Waals surface area contributed by atoms with Gasteiger partial charge in [0.05, 0.1) is 6.10 Å². The molecule has 0 aliphatic rings. The van der Waals surface area contributed by atoms with E-state index < -0.39 is 0 Å². The summed E-state index contributed by atoms with van der Waals surface area (Å²) in [6, 6.07) is 8.43. The fourth-order valence-corrected chi connectivity index (χ4v) is 1.77. The third-order valence-corrected chi connectivity index (χ3v) is 2.97. The second kappa shape index (κ2) is 8.67. The summed E-state index contributed by atoms with van der Waals surface area (Å²) in [4.78, 5) is 0. The SMILES string of the molecule is CC(C)OCCCCNCc1ccc(Br)cc1. The van der Waals surface area contributed by atoms with E-state index in [0.717, 1.165) is 30.6 Å². The lowest BCUT2D eigenvalue weighted by Gasteiger charge is -2.08. The van der Waals surface area contributed by atoms with Crippen molar-refractivity contribution in [2.75, 3.05) is 13.2 Å². The number of nitrogens with one attached hydrogen (secondary N) is 1. The first-order valence-electron chi connectivity index (χ1n) is 6.25. The molecule has 0 saturated carbocycles. The van der Waals surface area contributed by atoms with Crippen LogP contribution in [0.3, 0.4) is 0 Å². The molecule has 0 radical (unpaired) electrons. The molecule has 0 spiro atoms. The van der Waals surface area contributed by atoms with Crippen molar-refractivity contribution in [2.24, 2.45) is 0 Å². The second-order valence-corrected chi connectivity index (χ2v) is 5.35. The molecule has 0 atom stereocenters. The van der Waals surface area contributed by atoms with E-state index in [4.69, 9.17) is 4.74 Å². The molecule has 17 heavy (non-hydrogen) atoms. The fourth-order valence-electron chi connectivity index (χ4n) is 1.51. The van der Waals surface area contributed by atoms with Crippen molar-refractivity contribution >= 4 is 15.9 Å². The van der Waals surface area contributed by atoms with E-state index in [2.05, 4.69) is 59.4 Å². The standard InChI is InChI=1S/C14H22BrNO/c1-12(2)17-10-4-3-9-16-11-13-5-7-14(15)8-6-13/h5-8,12,16H,3-4,9-11H2,1-2H3. The van der Waals surface area contributed by atoms with Crippen molar-refractivity contribution in [1.82, 2.24) is 5.32 Å². The van der Waals surface area contributed by atoms with Crippen molar-refractivity contribution < 1.29 is 4.74 Å². The predicted octanol–water partition coefficient (Wildman–Crippen LogP) is 3.74. The average molecular weight is 300 g/mol. The molecule has 0 bridgehead atoms. The summed E-state index contributed by atoms with van der Waals surface area (Å²) in [5.74, 6) is 0. The van der Waals surface area contributed by atoms with Gasteiger partial charge in [-0.25, -0.2) is 0 Å². The fraction of sp³-hybridized carbons (Fsp3) is 0.571. The first-order valence-corrected chi connectivity index (χ1v) is 7.04. The number of unbranched alkanes of at least 4 members (excludes halogenated alkanes) is 1. The number of hydrogen-bond acceptors (Lipinski definition) is 2. The predicted molar refractivity (Wildman–Crippen MR) is 76.2 cm³/mol. The van der Waals surface area contributed by atoms with Crippen LogP contribution < -0.4 is 5.32 Å². The molecule has 1 rings (SSSR count). The first kappa shape index (κ1) is 14.7. The van der Waals surface area contributed by atoms with Crippen LogP contribution in [0.15, 0.2) is 28.7 Å². The zero-order valence-electron chi connectivity index (χ0n) is 10.7. The van der Waals surface area contributed by atoms with Gasteiger partial charge in [0, 0.05) is 17.6 Å². The van der Waals surface area contributed by atoms with Gasteiger partial charge in [0.2, 0.25) is 0 Å². The van der Waals surface area contributed by atoms with Crippen LogP contribution in [0, 0.1) is 0 Å². The molecule has 0 aliphatic carbocycles. The van der Waals surface area contributed by atoms with Gasteiger partial charge in [0.15, 0.2) is 0 Å². The van der Waals surface area contributed by atoms with Gasteiger partial charge in [-0.05, 0) is 50.9 Å². The largest absolute Gasteiger partial charge is 0.379 e. The first-order chi connectivity index (χ1) is 8.18. The Labute approximate surface area is 113 Å². The summed E-state index contributed by atoms with van der Waals surface area (Å²) in [6.07, 6.45) is 2.65. The van der Waals surface area contributed by atoms with E-state index >= 15 is 0 Å². The molecule has 0 aromatic heterocycles. The Balaban J connectivity index is 1.99. The van der Waals surface area contributed by atoms with E-state index in [9.17, 15) is 0 Å². The van der Waals surface area contributed by atoms with Crippen LogP contribution in [0.25, 0.3) is 0 Å². The quantitative estimate of drug-likeness (QED) is 0.738. The molecule has 0 unspecified atom stereocenters. The zero-order chi connectivity index (χ0) is 12.5. The Hall–Kier alpha value is -0.380. The van der Waals surface area contributed by atoms with E-state index in [-0.39, 0.29) is 0 Å². The molecule has 1 aromatic rings. The Morgan fingerprint density at radius 3 is 2.53 bits per heavy atom. The van der Waals surface area contributed by atoms with Crippen molar-refractivity contribution in [3.8, 4) is 0 Å². The topological polar surface area (TPSA) is 21.3 Å². The van der Waals surface area contributed by atoms with E-state index in [1.54, 1.807) is 0 Å². The van der Waals surface area contributed by atoms with Crippen LogP contribution in [0.1, 0.15) is 32.3 Å². The van der Waals surface area contributed by atoms with E-state index in [1.165, 1.54) is 12.0 Å². The summed E-state index contributed by atoms with van der Waals surface area (Å²) in [7, 11) is 0. The smallest absolute Gasteiger partial charge is 0.0518 e. The number of hydrogen-bond donors (Lipinski definition) is 1. The molecule has 3 heteroatoms. The number of rotatable bonds is 8. The van der Waals surface area contributed by atoms with Gasteiger partial charge in [-0.2, -0.15) is 0 Å². The third kappa shape index (κ3) is 7.53. The van der Waals surface area contributed by atoms with Crippen LogP contribution in [0.5, 0.6) is 0 Å². The lowest BCUT2D eigenvalue weighted by molar-refractivity contribution is 0.0760. The molecule has 1 aromatic carbocycles.